The molecule has 0 fully saturated rings. The normalized spacial score (nSPS) is 11.0. The molecule has 3 amide bonds. The number of para-hydroxylation sites is 1. The van der Waals surface area contributed by atoms with E-state index >= 15 is 0 Å². The summed E-state index contributed by atoms with van der Waals surface area (Å²) in [5.74, 6) is 0.00433. The molecule has 0 aliphatic carbocycles. The zero-order valence-electron chi connectivity index (χ0n) is 14.9. The van der Waals surface area contributed by atoms with E-state index in [1.54, 1.807) is 19.0 Å². The van der Waals surface area contributed by atoms with Crippen LogP contribution in [0, 0.1) is 0 Å². The van der Waals surface area contributed by atoms with Crippen LogP contribution < -0.4 is 10.6 Å². The SMILES string of the molecule is CCC(CC)(CC)NC(=O)Nc1ccccc1CC(=O)N(C)C. The number of likely N-dealkylation sites (N-methyl/N-ethyl adjacent to an activating group) is 1. The number of anilines is 1. The van der Waals surface area contributed by atoms with Crippen molar-refractivity contribution in [2.75, 3.05) is 19.4 Å². The number of hydrogen-bond donors (Lipinski definition) is 2. The maximum Gasteiger partial charge on any atom is 0.319 e. The highest BCUT2D eigenvalue weighted by Gasteiger charge is 2.26. The Morgan fingerprint density at radius 1 is 1.04 bits per heavy atom. The van der Waals surface area contributed by atoms with Crippen molar-refractivity contribution in [3.05, 3.63) is 29.8 Å². The number of carbonyl (C=O) groups excluding carboxylic acids is 2. The van der Waals surface area contributed by atoms with Crippen LogP contribution in [-0.4, -0.2) is 36.5 Å². The first-order chi connectivity index (χ1) is 10.9. The second-order valence-electron chi connectivity index (χ2n) is 6.04. The molecule has 128 valence electrons. The Bertz CT molecular complexity index is 529. The van der Waals surface area contributed by atoms with Crippen LogP contribution in [0.25, 0.3) is 0 Å². The van der Waals surface area contributed by atoms with Gasteiger partial charge in [0.15, 0.2) is 0 Å². The first-order valence-electron chi connectivity index (χ1n) is 8.24. The van der Waals surface area contributed by atoms with Crippen molar-refractivity contribution >= 4 is 17.6 Å². The third kappa shape index (κ3) is 5.27. The molecule has 0 spiro atoms. The van der Waals surface area contributed by atoms with E-state index in [0.717, 1.165) is 24.8 Å². The summed E-state index contributed by atoms with van der Waals surface area (Å²) < 4.78 is 0. The lowest BCUT2D eigenvalue weighted by Crippen LogP contribution is -2.49. The predicted octanol–water partition coefficient (Wildman–Crippen LogP) is 3.41. The minimum absolute atomic E-state index is 0.00433. The van der Waals surface area contributed by atoms with Crippen molar-refractivity contribution in [1.82, 2.24) is 10.2 Å². The molecule has 0 bridgehead atoms. The molecule has 0 heterocycles. The molecule has 0 aromatic heterocycles. The Kier molecular flexibility index (Phi) is 7.07. The van der Waals surface area contributed by atoms with Crippen LogP contribution in [0.15, 0.2) is 24.3 Å². The van der Waals surface area contributed by atoms with Crippen LogP contribution in [0.4, 0.5) is 10.5 Å². The van der Waals surface area contributed by atoms with Gasteiger partial charge in [-0.3, -0.25) is 4.79 Å². The molecule has 0 aliphatic heterocycles. The van der Waals surface area contributed by atoms with E-state index < -0.39 is 0 Å². The molecule has 2 N–H and O–H groups in total. The summed E-state index contributed by atoms with van der Waals surface area (Å²) in [6, 6.07) is 7.19. The van der Waals surface area contributed by atoms with Crippen molar-refractivity contribution < 1.29 is 9.59 Å². The van der Waals surface area contributed by atoms with Crippen LogP contribution >= 0.6 is 0 Å². The number of carbonyl (C=O) groups is 2. The van der Waals surface area contributed by atoms with Crippen molar-refractivity contribution in [2.24, 2.45) is 0 Å². The average Bonchev–Trinajstić information content (AvgIpc) is 2.54. The van der Waals surface area contributed by atoms with Crippen molar-refractivity contribution in [3.63, 3.8) is 0 Å². The van der Waals surface area contributed by atoms with Crippen LogP contribution in [0.2, 0.25) is 0 Å². The number of nitrogens with one attached hydrogen (secondary N) is 2. The van der Waals surface area contributed by atoms with Crippen LogP contribution in [0.1, 0.15) is 45.6 Å². The van der Waals surface area contributed by atoms with Crippen molar-refractivity contribution in [1.29, 1.82) is 0 Å². The van der Waals surface area contributed by atoms with Gasteiger partial charge in [0, 0.05) is 25.3 Å². The summed E-state index contributed by atoms with van der Waals surface area (Å²) in [6.45, 7) is 6.24. The molecule has 0 aliphatic rings. The van der Waals surface area contributed by atoms with Gasteiger partial charge in [-0.1, -0.05) is 39.0 Å². The van der Waals surface area contributed by atoms with Crippen molar-refractivity contribution in [2.45, 2.75) is 52.0 Å². The molecule has 5 nitrogen and oxygen atoms in total. The monoisotopic (exact) mass is 319 g/mol. The van der Waals surface area contributed by atoms with Gasteiger partial charge in [-0.15, -0.1) is 0 Å². The summed E-state index contributed by atoms with van der Waals surface area (Å²) in [4.78, 5) is 25.8. The Balaban J connectivity index is 2.84. The van der Waals surface area contributed by atoms with Gasteiger partial charge in [0.05, 0.1) is 6.42 Å². The van der Waals surface area contributed by atoms with E-state index in [1.165, 1.54) is 0 Å². The summed E-state index contributed by atoms with van der Waals surface area (Å²) in [6.07, 6.45) is 2.92. The minimum Gasteiger partial charge on any atom is -0.349 e. The molecule has 0 saturated carbocycles. The van der Waals surface area contributed by atoms with Gasteiger partial charge in [0.1, 0.15) is 0 Å². The van der Waals surface area contributed by atoms with Gasteiger partial charge < -0.3 is 15.5 Å². The summed E-state index contributed by atoms with van der Waals surface area (Å²) >= 11 is 0. The molecule has 1 aromatic carbocycles. The summed E-state index contributed by atoms with van der Waals surface area (Å²) in [7, 11) is 3.45. The molecule has 0 radical (unpaired) electrons. The first-order valence-corrected chi connectivity index (χ1v) is 8.24. The number of benzene rings is 1. The number of nitrogens with zero attached hydrogens (tertiary/aromatic N) is 1. The molecule has 1 rings (SSSR count). The molecule has 0 unspecified atom stereocenters. The van der Waals surface area contributed by atoms with E-state index in [9.17, 15) is 9.59 Å². The molecule has 23 heavy (non-hydrogen) atoms. The highest BCUT2D eigenvalue weighted by Crippen LogP contribution is 2.21. The number of hydrogen-bond acceptors (Lipinski definition) is 2. The maximum atomic E-state index is 12.4. The Morgan fingerprint density at radius 2 is 1.61 bits per heavy atom. The van der Waals surface area contributed by atoms with Crippen LogP contribution in [0.5, 0.6) is 0 Å². The summed E-state index contributed by atoms with van der Waals surface area (Å²) in [5, 5.41) is 5.98. The lowest BCUT2D eigenvalue weighted by Gasteiger charge is -2.31. The van der Waals surface area contributed by atoms with E-state index in [1.807, 2.05) is 24.3 Å². The summed E-state index contributed by atoms with van der Waals surface area (Å²) in [5.41, 5.74) is 1.31. The number of amides is 3. The quantitative estimate of drug-likeness (QED) is 0.809. The third-order valence-corrected chi connectivity index (χ3v) is 4.52. The average molecular weight is 319 g/mol. The lowest BCUT2D eigenvalue weighted by molar-refractivity contribution is -0.127. The molecule has 1 aromatic rings. The van der Waals surface area contributed by atoms with Crippen LogP contribution in [0.3, 0.4) is 0 Å². The second-order valence-corrected chi connectivity index (χ2v) is 6.04. The highest BCUT2D eigenvalue weighted by molar-refractivity contribution is 5.91. The zero-order valence-corrected chi connectivity index (χ0v) is 14.9. The van der Waals surface area contributed by atoms with Gasteiger partial charge in [-0.25, -0.2) is 4.79 Å². The molecular formula is C18H29N3O2. The van der Waals surface area contributed by atoms with Crippen LogP contribution in [-0.2, 0) is 11.2 Å². The number of urea groups is 1. The van der Waals surface area contributed by atoms with E-state index in [4.69, 9.17) is 0 Å². The van der Waals surface area contributed by atoms with Gasteiger partial charge in [-0.05, 0) is 30.9 Å². The Morgan fingerprint density at radius 3 is 2.13 bits per heavy atom. The third-order valence-electron chi connectivity index (χ3n) is 4.52. The smallest absolute Gasteiger partial charge is 0.319 e. The van der Waals surface area contributed by atoms with Gasteiger partial charge in [-0.2, -0.15) is 0 Å². The molecule has 5 heteroatoms. The fraction of sp³-hybridized carbons (Fsp3) is 0.556. The zero-order chi connectivity index (χ0) is 17.5. The highest BCUT2D eigenvalue weighted by atomic mass is 16.2. The fourth-order valence-electron chi connectivity index (χ4n) is 2.53. The topological polar surface area (TPSA) is 61.4 Å². The predicted molar refractivity (Wildman–Crippen MR) is 94.6 cm³/mol. The molecule has 0 saturated heterocycles. The first kappa shape index (κ1) is 19.0. The Hall–Kier alpha value is -2.04. The fourth-order valence-corrected chi connectivity index (χ4v) is 2.53. The minimum atomic E-state index is -0.222. The molecular weight excluding hydrogens is 290 g/mol. The lowest BCUT2D eigenvalue weighted by atomic mass is 9.90. The largest absolute Gasteiger partial charge is 0.349 e. The number of rotatable bonds is 7. The van der Waals surface area contributed by atoms with Crippen molar-refractivity contribution in [3.8, 4) is 0 Å². The molecule has 0 atom stereocenters. The maximum absolute atomic E-state index is 12.4. The van der Waals surface area contributed by atoms with Gasteiger partial charge in [0.2, 0.25) is 5.91 Å². The van der Waals surface area contributed by atoms with E-state index in [-0.39, 0.29) is 23.9 Å². The van der Waals surface area contributed by atoms with Gasteiger partial charge >= 0.3 is 6.03 Å². The standard InChI is InChI=1S/C18H29N3O2/c1-6-18(7-2,8-3)20-17(23)19-15-12-10-9-11-14(15)13-16(22)21(4)5/h9-12H,6-8,13H2,1-5H3,(H2,19,20,23). The second kappa shape index (κ2) is 8.56. The van der Waals surface area contributed by atoms with E-state index in [2.05, 4.69) is 31.4 Å². The Labute approximate surface area is 139 Å². The van der Waals surface area contributed by atoms with Gasteiger partial charge in [0.25, 0.3) is 0 Å². The van der Waals surface area contributed by atoms with E-state index in [0.29, 0.717) is 5.69 Å².